The summed E-state index contributed by atoms with van der Waals surface area (Å²) in [4.78, 5) is 0.221. The second kappa shape index (κ2) is 6.92. The standard InChI is InChI=1S/C13H23N3O3S/c1-10(7-8-19-4)15-13-9-11(5-6-12(13)14)20(17,18)16(2)3/h5-6,9-10,15H,7-8,14H2,1-4H3. The Morgan fingerprint density at radius 3 is 2.60 bits per heavy atom. The van der Waals surface area contributed by atoms with Crippen LogP contribution >= 0.6 is 0 Å². The number of ether oxygens (including phenoxy) is 1. The van der Waals surface area contributed by atoms with Crippen LogP contribution in [0.3, 0.4) is 0 Å². The molecule has 0 bridgehead atoms. The second-order valence-corrected chi connectivity index (χ2v) is 7.02. The SMILES string of the molecule is COCCC(C)Nc1cc(S(=O)(=O)N(C)C)ccc1N. The number of benzene rings is 1. The Hall–Kier alpha value is -1.31. The van der Waals surface area contributed by atoms with E-state index < -0.39 is 10.0 Å². The highest BCUT2D eigenvalue weighted by Gasteiger charge is 2.18. The normalized spacial score (nSPS) is 13.4. The predicted molar refractivity (Wildman–Crippen MR) is 81.3 cm³/mol. The Labute approximate surface area is 121 Å². The van der Waals surface area contributed by atoms with Crippen molar-refractivity contribution >= 4 is 21.4 Å². The van der Waals surface area contributed by atoms with E-state index in [0.29, 0.717) is 18.0 Å². The van der Waals surface area contributed by atoms with Crippen LogP contribution in [0.2, 0.25) is 0 Å². The summed E-state index contributed by atoms with van der Waals surface area (Å²) in [5.41, 5.74) is 7.03. The Balaban J connectivity index is 2.98. The van der Waals surface area contributed by atoms with Crippen LogP contribution in [0.1, 0.15) is 13.3 Å². The Bertz CT molecular complexity index is 544. The van der Waals surface area contributed by atoms with Crippen molar-refractivity contribution in [3.8, 4) is 0 Å². The molecule has 0 aliphatic heterocycles. The van der Waals surface area contributed by atoms with Crippen molar-refractivity contribution in [1.29, 1.82) is 0 Å². The quantitative estimate of drug-likeness (QED) is 0.743. The summed E-state index contributed by atoms with van der Waals surface area (Å²) in [6, 6.07) is 4.81. The van der Waals surface area contributed by atoms with E-state index in [1.54, 1.807) is 19.2 Å². The third-order valence-corrected chi connectivity index (χ3v) is 4.77. The summed E-state index contributed by atoms with van der Waals surface area (Å²) in [5.74, 6) is 0. The minimum Gasteiger partial charge on any atom is -0.397 e. The molecule has 0 fully saturated rings. The first kappa shape index (κ1) is 16.7. The number of hydrogen-bond acceptors (Lipinski definition) is 5. The van der Waals surface area contributed by atoms with Crippen molar-refractivity contribution in [2.45, 2.75) is 24.3 Å². The maximum atomic E-state index is 12.1. The molecule has 1 rings (SSSR count). The van der Waals surface area contributed by atoms with Crippen LogP contribution in [0.25, 0.3) is 0 Å². The first-order chi connectivity index (χ1) is 9.28. The Kier molecular flexibility index (Phi) is 5.79. The van der Waals surface area contributed by atoms with Gasteiger partial charge < -0.3 is 15.8 Å². The highest BCUT2D eigenvalue weighted by molar-refractivity contribution is 7.89. The van der Waals surface area contributed by atoms with Gasteiger partial charge in [-0.15, -0.1) is 0 Å². The number of rotatable bonds is 7. The third kappa shape index (κ3) is 4.09. The van der Waals surface area contributed by atoms with Crippen molar-refractivity contribution in [3.05, 3.63) is 18.2 Å². The van der Waals surface area contributed by atoms with Gasteiger partial charge in [0.05, 0.1) is 16.3 Å². The van der Waals surface area contributed by atoms with E-state index in [-0.39, 0.29) is 10.9 Å². The molecule has 1 aromatic carbocycles. The first-order valence-electron chi connectivity index (χ1n) is 6.36. The van der Waals surface area contributed by atoms with Crippen molar-refractivity contribution in [2.75, 3.05) is 38.9 Å². The van der Waals surface area contributed by atoms with Gasteiger partial charge in [-0.2, -0.15) is 0 Å². The van der Waals surface area contributed by atoms with Gasteiger partial charge in [0.25, 0.3) is 0 Å². The van der Waals surface area contributed by atoms with Crippen LogP contribution in [0.5, 0.6) is 0 Å². The number of nitrogen functional groups attached to an aromatic ring is 1. The van der Waals surface area contributed by atoms with Gasteiger partial charge in [0.2, 0.25) is 10.0 Å². The fourth-order valence-electron chi connectivity index (χ4n) is 1.66. The van der Waals surface area contributed by atoms with Crippen molar-refractivity contribution in [1.82, 2.24) is 4.31 Å². The molecule has 1 aromatic rings. The van der Waals surface area contributed by atoms with E-state index in [0.717, 1.165) is 6.42 Å². The maximum absolute atomic E-state index is 12.1. The molecule has 20 heavy (non-hydrogen) atoms. The molecule has 0 aromatic heterocycles. The Morgan fingerprint density at radius 1 is 1.40 bits per heavy atom. The van der Waals surface area contributed by atoms with Gasteiger partial charge in [0, 0.05) is 33.9 Å². The van der Waals surface area contributed by atoms with Gasteiger partial charge in [-0.3, -0.25) is 0 Å². The second-order valence-electron chi connectivity index (χ2n) is 4.86. The molecule has 0 amide bonds. The molecule has 0 aliphatic rings. The topological polar surface area (TPSA) is 84.7 Å². The number of nitrogens with two attached hydrogens (primary N) is 1. The summed E-state index contributed by atoms with van der Waals surface area (Å²) in [6.45, 7) is 2.62. The zero-order valence-electron chi connectivity index (χ0n) is 12.4. The van der Waals surface area contributed by atoms with Gasteiger partial charge in [0.15, 0.2) is 0 Å². The molecular formula is C13H23N3O3S. The summed E-state index contributed by atoms with van der Waals surface area (Å²) in [7, 11) is 1.19. The number of sulfonamides is 1. The van der Waals surface area contributed by atoms with Crippen LogP contribution in [0.15, 0.2) is 23.1 Å². The van der Waals surface area contributed by atoms with Crippen molar-refractivity contribution in [3.63, 3.8) is 0 Å². The van der Waals surface area contributed by atoms with Gasteiger partial charge in [0.1, 0.15) is 0 Å². The lowest BCUT2D eigenvalue weighted by Gasteiger charge is -2.18. The highest BCUT2D eigenvalue weighted by atomic mass is 32.2. The van der Waals surface area contributed by atoms with Crippen molar-refractivity contribution in [2.24, 2.45) is 0 Å². The molecule has 0 heterocycles. The number of methoxy groups -OCH3 is 1. The fourth-order valence-corrected chi connectivity index (χ4v) is 2.59. The smallest absolute Gasteiger partial charge is 0.242 e. The summed E-state index contributed by atoms with van der Waals surface area (Å²) < 4.78 is 30.4. The monoisotopic (exact) mass is 301 g/mol. The van der Waals surface area contributed by atoms with E-state index in [1.165, 1.54) is 24.5 Å². The third-order valence-electron chi connectivity index (χ3n) is 2.96. The first-order valence-corrected chi connectivity index (χ1v) is 7.80. The van der Waals surface area contributed by atoms with Gasteiger partial charge >= 0.3 is 0 Å². The Morgan fingerprint density at radius 2 is 2.05 bits per heavy atom. The van der Waals surface area contributed by atoms with E-state index >= 15 is 0 Å². The summed E-state index contributed by atoms with van der Waals surface area (Å²) in [6.07, 6.45) is 0.806. The maximum Gasteiger partial charge on any atom is 0.242 e. The zero-order valence-corrected chi connectivity index (χ0v) is 13.2. The molecule has 6 nitrogen and oxygen atoms in total. The largest absolute Gasteiger partial charge is 0.397 e. The molecule has 3 N–H and O–H groups in total. The highest BCUT2D eigenvalue weighted by Crippen LogP contribution is 2.25. The molecule has 114 valence electrons. The average Bonchev–Trinajstić information content (AvgIpc) is 2.38. The molecule has 1 atom stereocenters. The van der Waals surface area contributed by atoms with E-state index in [9.17, 15) is 8.42 Å². The molecule has 7 heteroatoms. The van der Waals surface area contributed by atoms with E-state index in [1.807, 2.05) is 6.92 Å². The molecule has 0 aliphatic carbocycles. The minimum absolute atomic E-state index is 0.134. The molecular weight excluding hydrogens is 278 g/mol. The van der Waals surface area contributed by atoms with Crippen LogP contribution in [0, 0.1) is 0 Å². The zero-order chi connectivity index (χ0) is 15.3. The number of hydrogen-bond donors (Lipinski definition) is 2. The number of nitrogens with one attached hydrogen (secondary N) is 1. The lowest BCUT2D eigenvalue weighted by Crippen LogP contribution is -2.23. The fraction of sp³-hybridized carbons (Fsp3) is 0.538. The van der Waals surface area contributed by atoms with Crippen LogP contribution < -0.4 is 11.1 Å². The summed E-state index contributed by atoms with van der Waals surface area (Å²) >= 11 is 0. The lowest BCUT2D eigenvalue weighted by molar-refractivity contribution is 0.191. The minimum atomic E-state index is -3.46. The van der Waals surface area contributed by atoms with E-state index in [4.69, 9.17) is 10.5 Å². The molecule has 0 radical (unpaired) electrons. The molecule has 0 saturated carbocycles. The number of anilines is 2. The average molecular weight is 301 g/mol. The van der Waals surface area contributed by atoms with Gasteiger partial charge in [-0.1, -0.05) is 0 Å². The van der Waals surface area contributed by atoms with Gasteiger partial charge in [-0.05, 0) is 31.5 Å². The van der Waals surface area contributed by atoms with Crippen LogP contribution in [-0.2, 0) is 14.8 Å². The van der Waals surface area contributed by atoms with Crippen molar-refractivity contribution < 1.29 is 13.2 Å². The van der Waals surface area contributed by atoms with Gasteiger partial charge in [-0.25, -0.2) is 12.7 Å². The van der Waals surface area contributed by atoms with Crippen LogP contribution in [-0.4, -0.2) is 46.6 Å². The number of nitrogens with zero attached hydrogens (tertiary/aromatic N) is 1. The molecule has 1 unspecified atom stereocenters. The molecule has 0 spiro atoms. The van der Waals surface area contributed by atoms with E-state index in [2.05, 4.69) is 5.32 Å². The molecule has 0 saturated heterocycles. The van der Waals surface area contributed by atoms with Crippen LogP contribution in [0.4, 0.5) is 11.4 Å². The lowest BCUT2D eigenvalue weighted by atomic mass is 10.2. The summed E-state index contributed by atoms with van der Waals surface area (Å²) in [5, 5.41) is 3.21. The predicted octanol–water partition coefficient (Wildman–Crippen LogP) is 1.36.